The summed E-state index contributed by atoms with van der Waals surface area (Å²) >= 11 is 0. The van der Waals surface area contributed by atoms with Crippen LogP contribution in [-0.2, 0) is 0 Å². The molecule has 0 aliphatic carbocycles. The lowest BCUT2D eigenvalue weighted by atomic mass is 10.0. The van der Waals surface area contributed by atoms with Crippen molar-refractivity contribution in [3.8, 4) is 0 Å². The molecule has 0 fully saturated rings. The van der Waals surface area contributed by atoms with Gasteiger partial charge in [0, 0.05) is 25.7 Å². The van der Waals surface area contributed by atoms with Crippen molar-refractivity contribution in [2.75, 3.05) is 32.5 Å². The van der Waals surface area contributed by atoms with E-state index in [-0.39, 0.29) is 0 Å². The van der Waals surface area contributed by atoms with Gasteiger partial charge in [-0.2, -0.15) is 4.98 Å². The fourth-order valence-corrected chi connectivity index (χ4v) is 1.89. The Kier molecular flexibility index (Phi) is 2.73. The fraction of sp³-hybridized carbons (Fsp3) is 0.600. The summed E-state index contributed by atoms with van der Waals surface area (Å²) < 4.78 is 5.17. The first-order valence-corrected chi connectivity index (χ1v) is 5.10. The third-order valence-corrected chi connectivity index (χ3v) is 2.45. The molecule has 0 radical (unpaired) electrons. The number of hydrogen-bond acceptors (Lipinski definition) is 5. The zero-order valence-electron chi connectivity index (χ0n) is 9.32. The first kappa shape index (κ1) is 10.2. The van der Waals surface area contributed by atoms with Crippen LogP contribution in [0, 0.1) is 5.92 Å². The van der Waals surface area contributed by atoms with Crippen LogP contribution in [0.4, 0.5) is 5.95 Å². The third kappa shape index (κ3) is 2.18. The third-order valence-electron chi connectivity index (χ3n) is 2.45. The Bertz CT molecular complexity index is 371. The van der Waals surface area contributed by atoms with Gasteiger partial charge in [0.2, 0.25) is 0 Å². The van der Waals surface area contributed by atoms with Crippen LogP contribution in [0.15, 0.2) is 10.6 Å². The van der Waals surface area contributed by atoms with E-state index in [0.717, 1.165) is 18.7 Å². The summed E-state index contributed by atoms with van der Waals surface area (Å²) in [7, 11) is 3.87. The second kappa shape index (κ2) is 4.02. The number of nitrogens with one attached hydrogen (secondary N) is 1. The summed E-state index contributed by atoms with van der Waals surface area (Å²) in [6.07, 6.45) is 2.20. The van der Waals surface area contributed by atoms with Crippen molar-refractivity contribution < 1.29 is 4.52 Å². The minimum atomic E-state index is 0.531. The summed E-state index contributed by atoms with van der Waals surface area (Å²) in [6.45, 7) is 4.14. The maximum Gasteiger partial charge on any atom is 0.263 e. The Morgan fingerprint density at radius 3 is 3.00 bits per heavy atom. The number of rotatable bonds is 2. The second-order valence-electron chi connectivity index (χ2n) is 4.04. The topological polar surface area (TPSA) is 54.2 Å². The molecule has 82 valence electrons. The standard InChI is InChI=1S/C10H16N4O/c1-7-4-8(6-14(3)5-7)9-12-10(11-2)13-15-9/h4,7H,5-6H2,1-3H3,(H,11,13)/t7-/m1/s1. The molecule has 0 saturated heterocycles. The van der Waals surface area contributed by atoms with Gasteiger partial charge in [-0.05, 0) is 18.1 Å². The van der Waals surface area contributed by atoms with Gasteiger partial charge in [0.25, 0.3) is 11.8 Å². The summed E-state index contributed by atoms with van der Waals surface area (Å²) in [6, 6.07) is 0. The quantitative estimate of drug-likeness (QED) is 0.788. The van der Waals surface area contributed by atoms with Gasteiger partial charge in [-0.1, -0.05) is 13.0 Å². The largest absolute Gasteiger partial charge is 0.355 e. The molecule has 0 saturated carbocycles. The molecule has 0 bridgehead atoms. The predicted molar refractivity (Wildman–Crippen MR) is 58.5 cm³/mol. The van der Waals surface area contributed by atoms with Crippen LogP contribution in [0.3, 0.4) is 0 Å². The van der Waals surface area contributed by atoms with E-state index in [9.17, 15) is 0 Å². The summed E-state index contributed by atoms with van der Waals surface area (Å²) in [5.74, 6) is 1.69. The van der Waals surface area contributed by atoms with Crippen molar-refractivity contribution in [3.63, 3.8) is 0 Å². The summed E-state index contributed by atoms with van der Waals surface area (Å²) in [5.41, 5.74) is 1.12. The normalized spacial score (nSPS) is 22.6. The molecule has 1 aliphatic rings. The Morgan fingerprint density at radius 1 is 1.60 bits per heavy atom. The van der Waals surface area contributed by atoms with Crippen molar-refractivity contribution in [3.05, 3.63) is 12.0 Å². The molecule has 5 heteroatoms. The molecule has 2 heterocycles. The van der Waals surface area contributed by atoms with Crippen molar-refractivity contribution in [1.29, 1.82) is 0 Å². The van der Waals surface area contributed by atoms with Gasteiger partial charge >= 0.3 is 0 Å². The van der Waals surface area contributed by atoms with Gasteiger partial charge in [-0.3, -0.25) is 0 Å². The van der Waals surface area contributed by atoms with E-state index in [4.69, 9.17) is 4.52 Å². The number of likely N-dealkylation sites (N-methyl/N-ethyl adjacent to an activating group) is 1. The van der Waals surface area contributed by atoms with E-state index in [1.165, 1.54) is 0 Å². The average Bonchev–Trinajstić information content (AvgIpc) is 2.64. The minimum Gasteiger partial charge on any atom is -0.355 e. The molecule has 1 aromatic heterocycles. The highest BCUT2D eigenvalue weighted by molar-refractivity contribution is 5.61. The van der Waals surface area contributed by atoms with Gasteiger partial charge in [0.15, 0.2) is 0 Å². The van der Waals surface area contributed by atoms with E-state index in [0.29, 0.717) is 17.8 Å². The number of aromatic nitrogens is 2. The first-order valence-electron chi connectivity index (χ1n) is 5.10. The van der Waals surface area contributed by atoms with Crippen LogP contribution in [-0.4, -0.2) is 42.2 Å². The fourth-order valence-electron chi connectivity index (χ4n) is 1.89. The van der Waals surface area contributed by atoms with Crippen LogP contribution >= 0.6 is 0 Å². The highest BCUT2D eigenvalue weighted by Gasteiger charge is 2.19. The molecule has 1 atom stereocenters. The molecule has 5 nitrogen and oxygen atoms in total. The van der Waals surface area contributed by atoms with E-state index in [1.807, 2.05) is 0 Å². The van der Waals surface area contributed by atoms with Crippen molar-refractivity contribution >= 4 is 11.5 Å². The number of hydrogen-bond donors (Lipinski definition) is 1. The Hall–Kier alpha value is -1.36. The number of nitrogens with zero attached hydrogens (tertiary/aromatic N) is 3. The molecule has 0 spiro atoms. The van der Waals surface area contributed by atoms with E-state index >= 15 is 0 Å². The molecule has 2 rings (SSSR count). The van der Waals surface area contributed by atoms with Crippen LogP contribution < -0.4 is 5.32 Å². The van der Waals surface area contributed by atoms with Gasteiger partial charge in [-0.25, -0.2) is 0 Å². The van der Waals surface area contributed by atoms with Crippen LogP contribution in [0.25, 0.3) is 5.57 Å². The first-order chi connectivity index (χ1) is 7.19. The van der Waals surface area contributed by atoms with Crippen molar-refractivity contribution in [2.24, 2.45) is 5.92 Å². The summed E-state index contributed by atoms with van der Waals surface area (Å²) in [5, 5.41) is 6.66. The minimum absolute atomic E-state index is 0.531. The summed E-state index contributed by atoms with van der Waals surface area (Å²) in [4.78, 5) is 6.49. The molecule has 0 unspecified atom stereocenters. The van der Waals surface area contributed by atoms with Gasteiger partial charge < -0.3 is 14.7 Å². The Balaban J connectivity index is 2.22. The smallest absolute Gasteiger partial charge is 0.263 e. The van der Waals surface area contributed by atoms with Gasteiger partial charge in [0.05, 0.1) is 0 Å². The molecule has 1 aliphatic heterocycles. The van der Waals surface area contributed by atoms with E-state index < -0.39 is 0 Å². The zero-order valence-corrected chi connectivity index (χ0v) is 9.32. The second-order valence-corrected chi connectivity index (χ2v) is 4.04. The maximum atomic E-state index is 5.17. The zero-order chi connectivity index (χ0) is 10.8. The molecular formula is C10H16N4O. The SMILES string of the molecule is CNc1noc(C2=C[C@@H](C)CN(C)C2)n1. The lowest BCUT2D eigenvalue weighted by molar-refractivity contribution is 0.321. The van der Waals surface area contributed by atoms with Crippen LogP contribution in [0.1, 0.15) is 12.8 Å². The van der Waals surface area contributed by atoms with E-state index in [1.54, 1.807) is 7.05 Å². The Labute approximate surface area is 89.2 Å². The number of anilines is 1. The average molecular weight is 208 g/mol. The lowest BCUT2D eigenvalue weighted by Crippen LogP contribution is -2.29. The van der Waals surface area contributed by atoms with Crippen molar-refractivity contribution in [1.82, 2.24) is 15.0 Å². The van der Waals surface area contributed by atoms with Crippen molar-refractivity contribution in [2.45, 2.75) is 6.92 Å². The highest BCUT2D eigenvalue weighted by atomic mass is 16.5. The maximum absolute atomic E-state index is 5.17. The molecule has 0 amide bonds. The molecule has 1 aromatic rings. The monoisotopic (exact) mass is 208 g/mol. The van der Waals surface area contributed by atoms with Gasteiger partial charge in [0.1, 0.15) is 0 Å². The molecular weight excluding hydrogens is 192 g/mol. The lowest BCUT2D eigenvalue weighted by Gasteiger charge is -2.25. The van der Waals surface area contributed by atoms with E-state index in [2.05, 4.69) is 40.4 Å². The Morgan fingerprint density at radius 2 is 2.40 bits per heavy atom. The highest BCUT2D eigenvalue weighted by Crippen LogP contribution is 2.21. The van der Waals surface area contributed by atoms with Crippen LogP contribution in [0.2, 0.25) is 0 Å². The predicted octanol–water partition coefficient (Wildman–Crippen LogP) is 1.08. The van der Waals surface area contributed by atoms with Gasteiger partial charge in [-0.15, -0.1) is 0 Å². The molecule has 15 heavy (non-hydrogen) atoms. The van der Waals surface area contributed by atoms with Crippen LogP contribution in [0.5, 0.6) is 0 Å². The molecule has 1 N–H and O–H groups in total. The molecule has 0 aromatic carbocycles.